The van der Waals surface area contributed by atoms with Crippen molar-refractivity contribution >= 4 is 0 Å². The fourth-order valence-corrected chi connectivity index (χ4v) is 5.20. The van der Waals surface area contributed by atoms with E-state index < -0.39 is 0 Å². The molecule has 1 nitrogen and oxygen atoms in total. The monoisotopic (exact) mass is 372 g/mol. The van der Waals surface area contributed by atoms with E-state index in [0.29, 0.717) is 11.3 Å². The Morgan fingerprint density at radius 2 is 1.81 bits per heavy atom. The van der Waals surface area contributed by atoms with Gasteiger partial charge in [-0.2, -0.15) is 0 Å². The number of unbranched alkanes of at least 4 members (excludes halogenated alkanes) is 1. The SMILES string of the molecule is C=C1/C(=C\C=C2/CCCC(C)(C(C)CCCCC(C)C)C2C)CCCC1O. The molecule has 2 saturated carbocycles. The molecule has 27 heavy (non-hydrogen) atoms. The molecule has 0 aliphatic heterocycles. The van der Waals surface area contributed by atoms with Crippen LogP contribution in [-0.4, -0.2) is 11.2 Å². The highest BCUT2D eigenvalue weighted by Gasteiger charge is 2.40. The summed E-state index contributed by atoms with van der Waals surface area (Å²) in [5.41, 5.74) is 4.24. The van der Waals surface area contributed by atoms with E-state index in [4.69, 9.17) is 0 Å². The van der Waals surface area contributed by atoms with Gasteiger partial charge in [-0.1, -0.05) is 84.6 Å². The summed E-state index contributed by atoms with van der Waals surface area (Å²) in [7, 11) is 0. The molecule has 154 valence electrons. The van der Waals surface area contributed by atoms with E-state index in [9.17, 15) is 5.11 Å². The lowest BCUT2D eigenvalue weighted by Crippen LogP contribution is -2.36. The number of rotatable bonds is 7. The van der Waals surface area contributed by atoms with E-state index >= 15 is 0 Å². The van der Waals surface area contributed by atoms with E-state index in [2.05, 4.69) is 53.3 Å². The molecule has 0 spiro atoms. The molecular formula is C26H44O. The minimum Gasteiger partial charge on any atom is -0.388 e. The molecule has 4 unspecified atom stereocenters. The van der Waals surface area contributed by atoms with Crippen LogP contribution >= 0.6 is 0 Å². The number of aliphatic hydroxyl groups is 1. The second-order valence-electron chi connectivity index (χ2n) is 10.0. The number of aliphatic hydroxyl groups excluding tert-OH is 1. The number of allylic oxidation sites excluding steroid dienone is 3. The van der Waals surface area contributed by atoms with Gasteiger partial charge in [0.2, 0.25) is 0 Å². The first-order valence-electron chi connectivity index (χ1n) is 11.5. The molecular weight excluding hydrogens is 328 g/mol. The van der Waals surface area contributed by atoms with Crippen LogP contribution in [0.15, 0.2) is 35.5 Å². The van der Waals surface area contributed by atoms with Crippen LogP contribution in [0.2, 0.25) is 0 Å². The second kappa shape index (κ2) is 10.1. The van der Waals surface area contributed by atoms with Gasteiger partial charge >= 0.3 is 0 Å². The van der Waals surface area contributed by atoms with Crippen LogP contribution < -0.4 is 0 Å². The highest BCUT2D eigenvalue weighted by molar-refractivity contribution is 5.37. The van der Waals surface area contributed by atoms with Gasteiger partial charge in [0.25, 0.3) is 0 Å². The summed E-state index contributed by atoms with van der Waals surface area (Å²) >= 11 is 0. The highest BCUT2D eigenvalue weighted by atomic mass is 16.3. The average molecular weight is 373 g/mol. The summed E-state index contributed by atoms with van der Waals surface area (Å²) in [6, 6.07) is 0. The van der Waals surface area contributed by atoms with Crippen molar-refractivity contribution in [3.05, 3.63) is 35.5 Å². The third-order valence-corrected chi connectivity index (χ3v) is 7.76. The molecule has 1 heteroatoms. The van der Waals surface area contributed by atoms with Crippen molar-refractivity contribution in [2.45, 2.75) is 105 Å². The van der Waals surface area contributed by atoms with Crippen molar-refractivity contribution in [2.75, 3.05) is 0 Å². The zero-order valence-electron chi connectivity index (χ0n) is 18.7. The smallest absolute Gasteiger partial charge is 0.0787 e. The maximum absolute atomic E-state index is 10.1. The molecule has 0 radical (unpaired) electrons. The topological polar surface area (TPSA) is 20.2 Å². The fourth-order valence-electron chi connectivity index (χ4n) is 5.20. The van der Waals surface area contributed by atoms with Crippen LogP contribution in [0.4, 0.5) is 0 Å². The van der Waals surface area contributed by atoms with E-state index in [1.165, 1.54) is 50.5 Å². The van der Waals surface area contributed by atoms with Crippen LogP contribution in [0.25, 0.3) is 0 Å². The van der Waals surface area contributed by atoms with Crippen LogP contribution in [0, 0.1) is 23.2 Å². The van der Waals surface area contributed by atoms with Gasteiger partial charge in [-0.25, -0.2) is 0 Å². The zero-order valence-corrected chi connectivity index (χ0v) is 18.7. The van der Waals surface area contributed by atoms with Gasteiger partial charge in [-0.15, -0.1) is 0 Å². The van der Waals surface area contributed by atoms with E-state index in [0.717, 1.165) is 36.7 Å². The Bertz CT molecular complexity index is 553. The lowest BCUT2D eigenvalue weighted by atomic mass is 9.59. The Labute approximate surface area is 169 Å². The van der Waals surface area contributed by atoms with Crippen molar-refractivity contribution in [3.8, 4) is 0 Å². The fraction of sp³-hybridized carbons (Fsp3) is 0.769. The van der Waals surface area contributed by atoms with Gasteiger partial charge in [0.05, 0.1) is 6.10 Å². The van der Waals surface area contributed by atoms with E-state index in [1.54, 1.807) is 5.57 Å². The van der Waals surface area contributed by atoms with Gasteiger partial charge in [-0.3, -0.25) is 0 Å². The maximum atomic E-state index is 10.1. The standard InChI is InChI=1S/C26H44O/c1-19(2)11-7-8-12-20(3)26(6)18-10-14-24(22(26)5)17-16-23-13-9-15-25(27)21(23)4/h16-17,19-20,22,25,27H,4,7-15,18H2,1-3,5-6H3/b23-16-,24-17+. The largest absolute Gasteiger partial charge is 0.388 e. The van der Waals surface area contributed by atoms with Crippen molar-refractivity contribution in [1.29, 1.82) is 0 Å². The Morgan fingerprint density at radius 3 is 2.52 bits per heavy atom. The molecule has 0 amide bonds. The Kier molecular flexibility index (Phi) is 8.40. The molecule has 2 rings (SSSR count). The number of hydrogen-bond acceptors (Lipinski definition) is 1. The second-order valence-corrected chi connectivity index (χ2v) is 10.0. The third-order valence-electron chi connectivity index (χ3n) is 7.76. The lowest BCUT2D eigenvalue weighted by Gasteiger charge is -2.46. The molecule has 0 aromatic rings. The van der Waals surface area contributed by atoms with Crippen molar-refractivity contribution in [3.63, 3.8) is 0 Å². The lowest BCUT2D eigenvalue weighted by molar-refractivity contribution is 0.0895. The summed E-state index contributed by atoms with van der Waals surface area (Å²) in [4.78, 5) is 0. The van der Waals surface area contributed by atoms with E-state index in [-0.39, 0.29) is 6.10 Å². The Morgan fingerprint density at radius 1 is 1.11 bits per heavy atom. The maximum Gasteiger partial charge on any atom is 0.0787 e. The normalized spacial score (nSPS) is 33.8. The van der Waals surface area contributed by atoms with Crippen LogP contribution in [0.3, 0.4) is 0 Å². The van der Waals surface area contributed by atoms with Crippen molar-refractivity contribution in [1.82, 2.24) is 0 Å². The first-order chi connectivity index (χ1) is 12.8. The first-order valence-corrected chi connectivity index (χ1v) is 11.5. The highest BCUT2D eigenvalue weighted by Crippen LogP contribution is 2.50. The molecule has 0 saturated heterocycles. The predicted octanol–water partition coefficient (Wildman–Crippen LogP) is 7.62. The summed E-state index contributed by atoms with van der Waals surface area (Å²) in [6.07, 6.45) is 16.7. The molecule has 2 fully saturated rings. The Balaban J connectivity index is 2.02. The quantitative estimate of drug-likeness (QED) is 0.456. The molecule has 0 aromatic heterocycles. The van der Waals surface area contributed by atoms with Gasteiger partial charge in [0.1, 0.15) is 0 Å². The summed E-state index contributed by atoms with van der Waals surface area (Å²) in [5.74, 6) is 2.26. The Hall–Kier alpha value is -0.820. The molecule has 2 aliphatic carbocycles. The zero-order chi connectivity index (χ0) is 20.0. The average Bonchev–Trinajstić information content (AvgIpc) is 2.62. The molecule has 2 aliphatic rings. The first kappa shape index (κ1) is 22.5. The van der Waals surface area contributed by atoms with Gasteiger partial charge in [0.15, 0.2) is 0 Å². The minimum absolute atomic E-state index is 0.330. The third kappa shape index (κ3) is 5.83. The molecule has 1 N–H and O–H groups in total. The van der Waals surface area contributed by atoms with Crippen molar-refractivity contribution < 1.29 is 5.11 Å². The molecule has 0 bridgehead atoms. The van der Waals surface area contributed by atoms with Gasteiger partial charge < -0.3 is 5.11 Å². The molecule has 4 atom stereocenters. The predicted molar refractivity (Wildman–Crippen MR) is 119 cm³/mol. The number of hydrogen-bond donors (Lipinski definition) is 1. The van der Waals surface area contributed by atoms with Crippen LogP contribution in [0.1, 0.15) is 98.8 Å². The summed E-state index contributed by atoms with van der Waals surface area (Å²) in [6.45, 7) is 16.3. The summed E-state index contributed by atoms with van der Waals surface area (Å²) in [5, 5.41) is 10.1. The van der Waals surface area contributed by atoms with E-state index in [1.807, 2.05) is 0 Å². The summed E-state index contributed by atoms with van der Waals surface area (Å²) < 4.78 is 0. The van der Waals surface area contributed by atoms with Crippen LogP contribution in [0.5, 0.6) is 0 Å². The minimum atomic E-state index is -0.330. The van der Waals surface area contributed by atoms with Crippen molar-refractivity contribution in [2.24, 2.45) is 23.2 Å². The van der Waals surface area contributed by atoms with Crippen LogP contribution in [-0.2, 0) is 0 Å². The van der Waals surface area contributed by atoms with Gasteiger partial charge in [0, 0.05) is 0 Å². The van der Waals surface area contributed by atoms with Gasteiger partial charge in [-0.05, 0) is 72.8 Å². The molecule has 0 aromatic carbocycles. The molecule has 0 heterocycles.